The fourth-order valence-corrected chi connectivity index (χ4v) is 5.86. The Morgan fingerprint density at radius 1 is 1.13 bits per heavy atom. The van der Waals surface area contributed by atoms with Gasteiger partial charge in [0.2, 0.25) is 0 Å². The highest BCUT2D eigenvalue weighted by atomic mass is 32.1. The first-order chi connectivity index (χ1) is 18.2. The molecular formula is C28H26N6O2S2. The van der Waals surface area contributed by atoms with Gasteiger partial charge >= 0.3 is 0 Å². The number of hydrogen-bond donors (Lipinski definition) is 2. The third kappa shape index (κ3) is 5.23. The number of carbonyl (C=O) groups is 1. The summed E-state index contributed by atoms with van der Waals surface area (Å²) in [6.45, 7) is 5.91. The van der Waals surface area contributed by atoms with Crippen molar-refractivity contribution in [3.8, 4) is 18.0 Å². The number of carbonyl (C=O) groups excluding carboxylic acids is 1. The molecule has 5 rings (SSSR count). The van der Waals surface area contributed by atoms with Crippen LogP contribution in [0.1, 0.15) is 47.9 Å². The van der Waals surface area contributed by atoms with E-state index in [1.54, 1.807) is 32.6 Å². The maximum absolute atomic E-state index is 14.2. The van der Waals surface area contributed by atoms with Gasteiger partial charge in [0.15, 0.2) is 5.01 Å². The molecule has 3 aromatic heterocycles. The number of aromatic nitrogens is 4. The van der Waals surface area contributed by atoms with Crippen LogP contribution in [0.4, 0.5) is 5.69 Å². The number of benzene rings is 2. The van der Waals surface area contributed by atoms with Gasteiger partial charge in [-0.2, -0.15) is 5.10 Å². The monoisotopic (exact) mass is 542 g/mol. The predicted molar refractivity (Wildman–Crippen MR) is 152 cm³/mol. The summed E-state index contributed by atoms with van der Waals surface area (Å²) in [4.78, 5) is 24.1. The first-order valence-corrected chi connectivity index (χ1v) is 13.6. The van der Waals surface area contributed by atoms with E-state index < -0.39 is 17.8 Å². The summed E-state index contributed by atoms with van der Waals surface area (Å²) in [6.07, 6.45) is 7.50. The number of rotatable bonds is 7. The van der Waals surface area contributed by atoms with Crippen molar-refractivity contribution in [2.45, 2.75) is 38.6 Å². The molecule has 2 aromatic carbocycles. The van der Waals surface area contributed by atoms with Gasteiger partial charge in [-0.05, 0) is 73.4 Å². The molecule has 0 saturated heterocycles. The van der Waals surface area contributed by atoms with Crippen molar-refractivity contribution >= 4 is 44.4 Å². The van der Waals surface area contributed by atoms with Crippen molar-refractivity contribution in [1.29, 1.82) is 0 Å². The highest BCUT2D eigenvalue weighted by Gasteiger charge is 2.37. The number of nitrogens with one attached hydrogen (secondary N) is 1. The average molecular weight is 543 g/mol. The second kappa shape index (κ2) is 10.5. The largest absolute Gasteiger partial charge is 0.376 e. The van der Waals surface area contributed by atoms with E-state index in [2.05, 4.69) is 26.3 Å². The molecule has 1 amide bonds. The number of fused-ring (bicyclic) bond motifs is 1. The maximum Gasteiger partial charge on any atom is 0.278 e. The zero-order valence-electron chi connectivity index (χ0n) is 21.1. The Morgan fingerprint density at radius 2 is 1.89 bits per heavy atom. The number of nitrogens with zero attached hydrogens (tertiary/aromatic N) is 5. The first kappa shape index (κ1) is 25.8. The summed E-state index contributed by atoms with van der Waals surface area (Å²) in [5.41, 5.74) is 2.00. The summed E-state index contributed by atoms with van der Waals surface area (Å²) >= 11 is 2.80. The first-order valence-electron chi connectivity index (χ1n) is 11.9. The molecule has 2 unspecified atom stereocenters. The van der Waals surface area contributed by atoms with Gasteiger partial charge in [-0.25, -0.2) is 14.6 Å². The fourth-order valence-electron chi connectivity index (χ4n) is 4.27. The van der Waals surface area contributed by atoms with Crippen molar-refractivity contribution in [1.82, 2.24) is 25.1 Å². The number of aliphatic hydroxyl groups excluding tert-OH is 1. The van der Waals surface area contributed by atoms with E-state index in [0.29, 0.717) is 10.7 Å². The summed E-state index contributed by atoms with van der Waals surface area (Å²) in [6, 6.07) is 14.6. The zero-order chi connectivity index (χ0) is 26.9. The summed E-state index contributed by atoms with van der Waals surface area (Å²) < 4.78 is 2.70. The SMILES string of the molecule is C#Cc1nc(C(=O)N(c2ccc(-n3cncn3)cc2)C(c2csc3ccccc23)C(O)NC(C)(C)C)cs1. The van der Waals surface area contributed by atoms with Gasteiger partial charge in [0, 0.05) is 21.3 Å². The lowest BCUT2D eigenvalue weighted by Gasteiger charge is -2.38. The molecule has 0 aliphatic carbocycles. The second-order valence-electron chi connectivity index (χ2n) is 9.69. The number of hydrogen-bond acceptors (Lipinski definition) is 8. The molecule has 0 bridgehead atoms. The smallest absolute Gasteiger partial charge is 0.278 e. The lowest BCUT2D eigenvalue weighted by molar-refractivity contribution is 0.0695. The minimum absolute atomic E-state index is 0.218. The van der Waals surface area contributed by atoms with E-state index in [1.165, 1.54) is 17.7 Å². The molecule has 10 heteroatoms. The van der Waals surface area contributed by atoms with Crippen molar-refractivity contribution in [2.75, 3.05) is 4.90 Å². The van der Waals surface area contributed by atoms with Crippen LogP contribution in [-0.4, -0.2) is 42.5 Å². The number of thiazole rings is 1. The molecule has 5 aromatic rings. The van der Waals surface area contributed by atoms with E-state index >= 15 is 0 Å². The van der Waals surface area contributed by atoms with Gasteiger partial charge in [0.05, 0.1) is 5.69 Å². The average Bonchev–Trinajstić information content (AvgIpc) is 3.67. The minimum Gasteiger partial charge on any atom is -0.376 e. The van der Waals surface area contributed by atoms with Crippen LogP contribution in [0.3, 0.4) is 0 Å². The quantitative estimate of drug-likeness (QED) is 0.222. The number of amides is 1. The van der Waals surface area contributed by atoms with Crippen molar-refractivity contribution in [2.24, 2.45) is 0 Å². The van der Waals surface area contributed by atoms with E-state index in [1.807, 2.05) is 74.7 Å². The molecule has 0 aliphatic heterocycles. The number of aliphatic hydroxyl groups is 1. The van der Waals surface area contributed by atoms with Crippen LogP contribution >= 0.6 is 22.7 Å². The van der Waals surface area contributed by atoms with Gasteiger partial charge in [-0.3, -0.25) is 15.0 Å². The highest BCUT2D eigenvalue weighted by molar-refractivity contribution is 7.17. The van der Waals surface area contributed by atoms with Crippen LogP contribution in [-0.2, 0) is 0 Å². The van der Waals surface area contributed by atoms with Crippen LogP contribution in [0.15, 0.2) is 71.9 Å². The molecule has 3 heterocycles. The molecule has 8 nitrogen and oxygen atoms in total. The fraction of sp³-hybridized carbons (Fsp3) is 0.214. The minimum atomic E-state index is -1.10. The topological polar surface area (TPSA) is 96.2 Å². The molecule has 0 radical (unpaired) electrons. The van der Waals surface area contributed by atoms with Crippen LogP contribution in [0.5, 0.6) is 0 Å². The Labute approximate surface area is 228 Å². The van der Waals surface area contributed by atoms with Crippen molar-refractivity contribution < 1.29 is 9.90 Å². The van der Waals surface area contributed by atoms with Crippen LogP contribution in [0, 0.1) is 12.3 Å². The van der Waals surface area contributed by atoms with Gasteiger partial charge in [-0.15, -0.1) is 29.1 Å². The Bertz CT molecular complexity index is 1590. The number of thiophene rings is 1. The van der Waals surface area contributed by atoms with E-state index in [4.69, 9.17) is 6.42 Å². The van der Waals surface area contributed by atoms with Gasteiger partial charge in [0.25, 0.3) is 5.91 Å². The van der Waals surface area contributed by atoms with Crippen molar-refractivity contribution in [3.63, 3.8) is 0 Å². The Balaban J connectivity index is 1.68. The van der Waals surface area contributed by atoms with Gasteiger partial charge < -0.3 is 5.11 Å². The predicted octanol–water partition coefficient (Wildman–Crippen LogP) is 5.01. The summed E-state index contributed by atoms with van der Waals surface area (Å²) in [7, 11) is 0. The van der Waals surface area contributed by atoms with Crippen molar-refractivity contribution in [3.05, 3.63) is 88.2 Å². The third-order valence-corrected chi connectivity index (χ3v) is 7.62. The molecule has 0 saturated carbocycles. The Kier molecular flexibility index (Phi) is 7.10. The Hall–Kier alpha value is -3.88. The van der Waals surface area contributed by atoms with Gasteiger partial charge in [-0.1, -0.05) is 18.2 Å². The van der Waals surface area contributed by atoms with E-state index in [9.17, 15) is 9.90 Å². The zero-order valence-corrected chi connectivity index (χ0v) is 22.7. The number of anilines is 1. The molecule has 0 fully saturated rings. The summed E-state index contributed by atoms with van der Waals surface area (Å²) in [5.74, 6) is 2.13. The third-order valence-electron chi connectivity index (χ3n) is 5.86. The molecular weight excluding hydrogens is 516 g/mol. The lowest BCUT2D eigenvalue weighted by Crippen LogP contribution is -2.52. The lowest BCUT2D eigenvalue weighted by atomic mass is 9.99. The molecule has 192 valence electrons. The normalized spacial score (nSPS) is 13.2. The standard InChI is InChI=1S/C28H26N6O2S2/c1-5-24-31-22(15-38-24)27(36)34(19-12-10-18(11-13-19)33-17-29-16-30-33)25(26(35)32-28(2,3)4)21-14-37-23-9-7-6-8-20(21)23/h1,6-17,25-26,32,35H,2-4H3. The molecule has 2 N–H and O–H groups in total. The number of terminal acetylenes is 1. The Morgan fingerprint density at radius 3 is 2.55 bits per heavy atom. The molecule has 0 spiro atoms. The van der Waals surface area contributed by atoms with Gasteiger partial charge in [0.1, 0.15) is 30.6 Å². The van der Waals surface area contributed by atoms with Crippen LogP contribution < -0.4 is 10.2 Å². The maximum atomic E-state index is 14.2. The van der Waals surface area contributed by atoms with Crippen LogP contribution in [0.2, 0.25) is 0 Å². The highest BCUT2D eigenvalue weighted by Crippen LogP contribution is 2.38. The van der Waals surface area contributed by atoms with Crippen LogP contribution in [0.25, 0.3) is 15.8 Å². The molecule has 38 heavy (non-hydrogen) atoms. The molecule has 2 atom stereocenters. The summed E-state index contributed by atoms with van der Waals surface area (Å²) in [5, 5.41) is 24.2. The van der Waals surface area contributed by atoms with E-state index in [0.717, 1.165) is 21.3 Å². The molecule has 0 aliphatic rings. The second-order valence-corrected chi connectivity index (χ2v) is 11.5. The van der Waals surface area contributed by atoms with E-state index in [-0.39, 0.29) is 11.6 Å².